The summed E-state index contributed by atoms with van der Waals surface area (Å²) in [6.45, 7) is 27.9. The summed E-state index contributed by atoms with van der Waals surface area (Å²) in [5.74, 6) is 1.49. The minimum atomic E-state index is 0.00953. The van der Waals surface area contributed by atoms with E-state index in [-0.39, 0.29) is 16.2 Å². The predicted octanol–water partition coefficient (Wildman–Crippen LogP) is 13.9. The number of halogens is 1. The van der Waals surface area contributed by atoms with E-state index in [0.29, 0.717) is 18.2 Å². The van der Waals surface area contributed by atoms with Crippen LogP contribution in [0.1, 0.15) is 95.7 Å². The first-order valence-corrected chi connectivity index (χ1v) is 18.8. The van der Waals surface area contributed by atoms with Crippen LogP contribution < -0.4 is 19.3 Å². The minimum Gasteiger partial charge on any atom is -0.486 e. The van der Waals surface area contributed by atoms with Crippen LogP contribution in [0.5, 0.6) is 11.5 Å². The normalized spacial score (nSPS) is 13.2. The average Bonchev–Trinajstić information content (AvgIpc) is 3.07. The fourth-order valence-corrected chi connectivity index (χ4v) is 7.28. The summed E-state index contributed by atoms with van der Waals surface area (Å²) in [6, 6.07) is 33.0. The summed E-state index contributed by atoms with van der Waals surface area (Å²) in [5, 5.41) is 0.652. The number of aryl methyl sites for hydroxylation is 3. The van der Waals surface area contributed by atoms with Crippen molar-refractivity contribution in [1.82, 2.24) is 0 Å². The van der Waals surface area contributed by atoms with Gasteiger partial charge in [0.15, 0.2) is 11.5 Å². The summed E-state index contributed by atoms with van der Waals surface area (Å²) >= 11 is 7.79. The topological polar surface area (TPSA) is 24.9 Å². The van der Waals surface area contributed by atoms with Crippen molar-refractivity contribution in [2.75, 3.05) is 23.0 Å². The fourth-order valence-electron chi connectivity index (χ4n) is 7.01. The van der Waals surface area contributed by atoms with Crippen LogP contribution in [-0.2, 0) is 16.2 Å². The van der Waals surface area contributed by atoms with Crippen LogP contribution in [-0.4, -0.2) is 13.2 Å². The number of rotatable bonds is 6. The molecule has 5 heteroatoms. The van der Waals surface area contributed by atoms with Crippen LogP contribution in [0.2, 0.25) is 5.02 Å². The van der Waals surface area contributed by atoms with Gasteiger partial charge in [-0.1, -0.05) is 110 Å². The van der Waals surface area contributed by atoms with Gasteiger partial charge in [0.2, 0.25) is 0 Å². The molecular weight excluding hydrogens is 660 g/mol. The second-order valence-corrected chi connectivity index (χ2v) is 17.8. The average molecular weight is 715 g/mol. The highest BCUT2D eigenvalue weighted by Gasteiger charge is 2.28. The van der Waals surface area contributed by atoms with Crippen molar-refractivity contribution in [2.24, 2.45) is 0 Å². The lowest BCUT2D eigenvalue weighted by molar-refractivity contribution is 0.171. The van der Waals surface area contributed by atoms with Gasteiger partial charge in [-0.3, -0.25) is 0 Å². The van der Waals surface area contributed by atoms with Gasteiger partial charge in [0, 0.05) is 17.4 Å². The lowest BCUT2D eigenvalue weighted by Gasteiger charge is -2.34. The first-order chi connectivity index (χ1) is 24.3. The monoisotopic (exact) mass is 714 g/mol. The molecule has 0 aromatic heterocycles. The van der Waals surface area contributed by atoms with Crippen LogP contribution in [0, 0.1) is 20.8 Å². The Balaban J connectivity index is 1.61. The number of hydrogen-bond donors (Lipinski definition) is 0. The maximum Gasteiger partial charge on any atom is 0.163 e. The molecule has 1 aliphatic rings. The quantitative estimate of drug-likeness (QED) is 0.175. The molecular formula is C47H55ClN2O2. The summed E-state index contributed by atoms with van der Waals surface area (Å²) in [7, 11) is 0. The van der Waals surface area contributed by atoms with Crippen molar-refractivity contribution in [3.63, 3.8) is 0 Å². The van der Waals surface area contributed by atoms with Crippen molar-refractivity contribution in [3.05, 3.63) is 129 Å². The molecule has 0 radical (unpaired) electrons. The van der Waals surface area contributed by atoms with Crippen LogP contribution >= 0.6 is 11.6 Å². The SMILES string of the molecule is Cc1cc(N(c2ccc(C(C)(C)C)cc2)c2ccc(C(C)(C)C)cc2)c(Cl)c(N(c2ccc3c(c2)OCCO3)c2c(C)cc(C(C)(C)C)cc2C)c1. The third-order valence-electron chi connectivity index (χ3n) is 10.0. The van der Waals surface area contributed by atoms with Crippen LogP contribution in [0.3, 0.4) is 0 Å². The van der Waals surface area contributed by atoms with E-state index >= 15 is 0 Å². The Labute approximate surface area is 317 Å². The van der Waals surface area contributed by atoms with Gasteiger partial charge in [0.05, 0.1) is 27.8 Å². The Morgan fingerprint density at radius 2 is 0.904 bits per heavy atom. The highest BCUT2D eigenvalue weighted by atomic mass is 35.5. The van der Waals surface area contributed by atoms with Gasteiger partial charge in [-0.05, 0) is 119 Å². The predicted molar refractivity (Wildman–Crippen MR) is 222 cm³/mol. The molecule has 0 amide bonds. The van der Waals surface area contributed by atoms with Gasteiger partial charge >= 0.3 is 0 Å². The largest absolute Gasteiger partial charge is 0.486 e. The molecule has 5 aromatic rings. The summed E-state index contributed by atoms with van der Waals surface area (Å²) < 4.78 is 12.1. The lowest BCUT2D eigenvalue weighted by atomic mass is 9.84. The Morgan fingerprint density at radius 3 is 1.37 bits per heavy atom. The van der Waals surface area contributed by atoms with E-state index in [4.69, 9.17) is 21.1 Å². The standard InChI is InChI=1S/C47H55ClN2O2/c1-30-25-39(49(36-17-13-33(14-18-36)45(4,5)6)37-19-15-34(16-20-37)46(7,8)9)43(48)40(26-30)50(38-21-22-41-42(29-38)52-24-23-51-41)44-31(2)27-35(28-32(44)3)47(10,11)12/h13-22,25-29H,23-24H2,1-12H3. The highest BCUT2D eigenvalue weighted by Crippen LogP contribution is 2.50. The smallest absolute Gasteiger partial charge is 0.163 e. The van der Waals surface area contributed by atoms with Crippen molar-refractivity contribution in [2.45, 2.75) is 99.3 Å². The second kappa shape index (κ2) is 13.9. The molecule has 0 spiro atoms. The lowest BCUT2D eigenvalue weighted by Crippen LogP contribution is -2.19. The van der Waals surface area contributed by atoms with Gasteiger partial charge in [0.25, 0.3) is 0 Å². The van der Waals surface area contributed by atoms with Crippen LogP contribution in [0.15, 0.2) is 91.0 Å². The molecule has 5 aromatic carbocycles. The Hall–Kier alpha value is -4.41. The highest BCUT2D eigenvalue weighted by molar-refractivity contribution is 6.36. The maximum atomic E-state index is 7.79. The molecule has 0 fully saturated rings. The first-order valence-electron chi connectivity index (χ1n) is 18.5. The number of anilines is 6. The summed E-state index contributed by atoms with van der Waals surface area (Å²) in [6.07, 6.45) is 0. The fraction of sp³-hybridized carbons (Fsp3) is 0.362. The second-order valence-electron chi connectivity index (χ2n) is 17.4. The first kappa shape index (κ1) is 37.4. The molecule has 4 nitrogen and oxygen atoms in total. The molecule has 1 aliphatic heterocycles. The van der Waals surface area contributed by atoms with Crippen molar-refractivity contribution >= 4 is 45.7 Å². The molecule has 1 heterocycles. The summed E-state index contributed by atoms with van der Waals surface area (Å²) in [5.41, 5.74) is 13.3. The summed E-state index contributed by atoms with van der Waals surface area (Å²) in [4.78, 5) is 4.60. The van der Waals surface area contributed by atoms with Crippen molar-refractivity contribution < 1.29 is 9.47 Å². The van der Waals surface area contributed by atoms with Gasteiger partial charge in [-0.15, -0.1) is 0 Å². The molecule has 272 valence electrons. The van der Waals surface area contributed by atoms with E-state index in [2.05, 4.69) is 178 Å². The third-order valence-corrected chi connectivity index (χ3v) is 10.4. The number of hydrogen-bond acceptors (Lipinski definition) is 4. The van der Waals surface area contributed by atoms with E-state index in [9.17, 15) is 0 Å². The molecule has 6 rings (SSSR count). The van der Waals surface area contributed by atoms with Crippen LogP contribution in [0.4, 0.5) is 34.1 Å². The number of benzene rings is 5. The third kappa shape index (κ3) is 7.55. The van der Waals surface area contributed by atoms with Crippen molar-refractivity contribution in [1.29, 1.82) is 0 Å². The molecule has 0 aliphatic carbocycles. The maximum absolute atomic E-state index is 7.79. The van der Waals surface area contributed by atoms with Gasteiger partial charge < -0.3 is 19.3 Å². The van der Waals surface area contributed by atoms with Crippen LogP contribution in [0.25, 0.3) is 0 Å². The zero-order chi connectivity index (χ0) is 37.7. The van der Waals surface area contributed by atoms with E-state index in [1.54, 1.807) is 0 Å². The number of nitrogens with zero attached hydrogens (tertiary/aromatic N) is 2. The zero-order valence-corrected chi connectivity index (χ0v) is 33.9. The Bertz CT molecular complexity index is 2000. The van der Waals surface area contributed by atoms with E-state index in [0.717, 1.165) is 51.2 Å². The Morgan fingerprint density at radius 1 is 0.481 bits per heavy atom. The molecule has 0 bridgehead atoms. The molecule has 0 saturated carbocycles. The van der Waals surface area contributed by atoms with E-state index < -0.39 is 0 Å². The number of ether oxygens (including phenoxy) is 2. The molecule has 0 N–H and O–H groups in total. The van der Waals surface area contributed by atoms with E-state index in [1.165, 1.54) is 27.8 Å². The molecule has 0 atom stereocenters. The van der Waals surface area contributed by atoms with E-state index in [1.807, 2.05) is 6.07 Å². The van der Waals surface area contributed by atoms with Gasteiger partial charge in [-0.2, -0.15) is 0 Å². The van der Waals surface area contributed by atoms with Gasteiger partial charge in [0.1, 0.15) is 13.2 Å². The Kier molecular flexibility index (Phi) is 9.95. The molecule has 0 unspecified atom stereocenters. The van der Waals surface area contributed by atoms with Crippen molar-refractivity contribution in [3.8, 4) is 11.5 Å². The zero-order valence-electron chi connectivity index (χ0n) is 33.2. The van der Waals surface area contributed by atoms with Gasteiger partial charge in [-0.25, -0.2) is 0 Å². The molecule has 52 heavy (non-hydrogen) atoms. The minimum absolute atomic E-state index is 0.00953. The molecule has 0 saturated heterocycles. The number of fused-ring (bicyclic) bond motifs is 1.